The largest absolute Gasteiger partial charge is 0.477 e. The number of carboxylic acid groups (broad SMARTS) is 1. The molecular formula is C10H11N3O3. The van der Waals surface area contributed by atoms with Crippen molar-refractivity contribution in [2.24, 2.45) is 0 Å². The molecule has 0 spiro atoms. The Morgan fingerprint density at radius 2 is 1.88 bits per heavy atom. The van der Waals surface area contributed by atoms with Gasteiger partial charge in [0.15, 0.2) is 0 Å². The van der Waals surface area contributed by atoms with E-state index in [4.69, 9.17) is 5.11 Å². The lowest BCUT2D eigenvalue weighted by atomic mass is 10.1. The molecule has 0 aliphatic rings. The fourth-order valence-electron chi connectivity index (χ4n) is 1.04. The van der Waals surface area contributed by atoms with Gasteiger partial charge in [-0.3, -0.25) is 4.79 Å². The third-order valence-corrected chi connectivity index (χ3v) is 1.69. The highest BCUT2D eigenvalue weighted by atomic mass is 16.4. The number of hydrogen-bond acceptors (Lipinski definition) is 5. The molecule has 0 aliphatic carbocycles. The first-order valence-electron chi connectivity index (χ1n) is 4.43. The molecular weight excluding hydrogens is 210 g/mol. The molecule has 1 rings (SSSR count). The SMILES string of the molecule is CN(C)/C=C(/C(=O)O)C(=O)c1cncnc1. The fraction of sp³-hybridized carbons (Fsp3) is 0.200. The molecule has 84 valence electrons. The first-order valence-corrected chi connectivity index (χ1v) is 4.43. The molecule has 0 bridgehead atoms. The van der Waals surface area contributed by atoms with Gasteiger partial charge in [-0.15, -0.1) is 0 Å². The molecule has 16 heavy (non-hydrogen) atoms. The minimum Gasteiger partial charge on any atom is -0.477 e. The van der Waals surface area contributed by atoms with E-state index in [0.717, 1.165) is 0 Å². The number of Topliss-reactive ketones (excluding diaryl/α,β-unsaturated/α-hetero) is 1. The van der Waals surface area contributed by atoms with Crippen LogP contribution in [0.25, 0.3) is 0 Å². The van der Waals surface area contributed by atoms with E-state index in [1.165, 1.54) is 29.8 Å². The molecule has 0 unspecified atom stereocenters. The zero-order valence-electron chi connectivity index (χ0n) is 8.91. The number of hydrogen-bond donors (Lipinski definition) is 1. The van der Waals surface area contributed by atoms with E-state index in [1.54, 1.807) is 14.1 Å². The Kier molecular flexibility index (Phi) is 3.71. The van der Waals surface area contributed by atoms with Crippen molar-refractivity contribution in [1.29, 1.82) is 0 Å². The molecule has 1 heterocycles. The maximum Gasteiger partial charge on any atom is 0.341 e. The van der Waals surface area contributed by atoms with Crippen LogP contribution in [0.4, 0.5) is 0 Å². The van der Waals surface area contributed by atoms with E-state index in [-0.39, 0.29) is 11.1 Å². The van der Waals surface area contributed by atoms with Crippen molar-refractivity contribution in [3.05, 3.63) is 36.1 Å². The summed E-state index contributed by atoms with van der Waals surface area (Å²) in [6, 6.07) is 0. The minimum absolute atomic E-state index is 0.151. The smallest absolute Gasteiger partial charge is 0.341 e. The molecule has 0 fully saturated rings. The molecule has 0 atom stereocenters. The maximum atomic E-state index is 11.8. The number of carbonyl (C=O) groups is 2. The van der Waals surface area contributed by atoms with Crippen LogP contribution in [0, 0.1) is 0 Å². The molecule has 0 aliphatic heterocycles. The molecule has 0 radical (unpaired) electrons. The van der Waals surface area contributed by atoms with Gasteiger partial charge >= 0.3 is 5.97 Å². The van der Waals surface area contributed by atoms with Crippen molar-refractivity contribution in [2.75, 3.05) is 14.1 Å². The van der Waals surface area contributed by atoms with Gasteiger partial charge < -0.3 is 10.0 Å². The Morgan fingerprint density at radius 3 is 2.31 bits per heavy atom. The highest BCUT2D eigenvalue weighted by Crippen LogP contribution is 2.07. The number of ketones is 1. The van der Waals surface area contributed by atoms with Crippen molar-refractivity contribution >= 4 is 11.8 Å². The van der Waals surface area contributed by atoms with Crippen LogP contribution in [0.3, 0.4) is 0 Å². The van der Waals surface area contributed by atoms with Crippen molar-refractivity contribution in [2.45, 2.75) is 0 Å². The molecule has 1 N–H and O–H groups in total. The summed E-state index contributed by atoms with van der Waals surface area (Å²) in [5.74, 6) is -1.88. The van der Waals surface area contributed by atoms with Crippen LogP contribution in [0.2, 0.25) is 0 Å². The lowest BCUT2D eigenvalue weighted by Crippen LogP contribution is -2.17. The lowest BCUT2D eigenvalue weighted by molar-refractivity contribution is -0.132. The van der Waals surface area contributed by atoms with Gasteiger partial charge in [-0.05, 0) is 0 Å². The summed E-state index contributed by atoms with van der Waals surface area (Å²) in [6.45, 7) is 0. The summed E-state index contributed by atoms with van der Waals surface area (Å²) in [5.41, 5.74) is -0.169. The van der Waals surface area contributed by atoms with Gasteiger partial charge in [0, 0.05) is 32.7 Å². The minimum atomic E-state index is -1.28. The van der Waals surface area contributed by atoms with Crippen LogP contribution < -0.4 is 0 Å². The Balaban J connectivity index is 3.07. The van der Waals surface area contributed by atoms with Gasteiger partial charge in [0.1, 0.15) is 11.9 Å². The van der Waals surface area contributed by atoms with Crippen LogP contribution in [-0.2, 0) is 4.79 Å². The quantitative estimate of drug-likeness (QED) is 0.338. The summed E-state index contributed by atoms with van der Waals surface area (Å²) in [7, 11) is 3.27. The van der Waals surface area contributed by atoms with Crippen LogP contribution in [0.1, 0.15) is 10.4 Å². The van der Waals surface area contributed by atoms with Gasteiger partial charge in [-0.2, -0.15) is 0 Å². The molecule has 6 heteroatoms. The normalized spacial score (nSPS) is 11.0. The monoisotopic (exact) mass is 221 g/mol. The van der Waals surface area contributed by atoms with Crippen LogP contribution in [0.5, 0.6) is 0 Å². The predicted octanol–water partition coefficient (Wildman–Crippen LogP) is 0.189. The zero-order chi connectivity index (χ0) is 12.1. The van der Waals surface area contributed by atoms with Gasteiger partial charge in [0.05, 0.1) is 5.56 Å². The molecule has 0 saturated carbocycles. The first-order chi connectivity index (χ1) is 7.52. The van der Waals surface area contributed by atoms with Gasteiger partial charge in [-0.25, -0.2) is 14.8 Å². The Labute approximate surface area is 92.2 Å². The van der Waals surface area contributed by atoms with Gasteiger partial charge in [0.25, 0.3) is 0 Å². The van der Waals surface area contributed by atoms with Gasteiger partial charge in [-0.1, -0.05) is 0 Å². The average Bonchev–Trinajstić information content (AvgIpc) is 2.25. The highest BCUT2D eigenvalue weighted by Gasteiger charge is 2.19. The number of carboxylic acids is 1. The third-order valence-electron chi connectivity index (χ3n) is 1.69. The van der Waals surface area contributed by atoms with Crippen molar-refractivity contribution in [3.63, 3.8) is 0 Å². The van der Waals surface area contributed by atoms with Crippen LogP contribution in [-0.4, -0.2) is 45.8 Å². The maximum absolute atomic E-state index is 11.8. The van der Waals surface area contributed by atoms with Gasteiger partial charge in [0.2, 0.25) is 5.78 Å². The third kappa shape index (κ3) is 2.88. The summed E-state index contributed by atoms with van der Waals surface area (Å²) >= 11 is 0. The Bertz CT molecular complexity index is 426. The van der Waals surface area contributed by atoms with Crippen molar-refractivity contribution in [1.82, 2.24) is 14.9 Å². The van der Waals surface area contributed by atoms with E-state index in [2.05, 4.69) is 9.97 Å². The second kappa shape index (κ2) is 5.01. The summed E-state index contributed by atoms with van der Waals surface area (Å²) in [4.78, 5) is 31.5. The second-order valence-electron chi connectivity index (χ2n) is 3.27. The number of rotatable bonds is 4. The summed E-state index contributed by atoms with van der Waals surface area (Å²) < 4.78 is 0. The molecule has 0 saturated heterocycles. The van der Waals surface area contributed by atoms with E-state index in [9.17, 15) is 9.59 Å². The predicted molar refractivity (Wildman–Crippen MR) is 55.8 cm³/mol. The number of carbonyl (C=O) groups excluding carboxylic acids is 1. The molecule has 0 aromatic carbocycles. The highest BCUT2D eigenvalue weighted by molar-refractivity contribution is 6.23. The van der Waals surface area contributed by atoms with Crippen molar-refractivity contribution in [3.8, 4) is 0 Å². The average molecular weight is 221 g/mol. The number of aliphatic carboxylic acids is 1. The molecule has 1 aromatic rings. The fourth-order valence-corrected chi connectivity index (χ4v) is 1.04. The Hall–Kier alpha value is -2.24. The summed E-state index contributed by atoms with van der Waals surface area (Å²) in [5, 5.41) is 8.90. The molecule has 6 nitrogen and oxygen atoms in total. The Morgan fingerprint density at radius 1 is 1.31 bits per heavy atom. The number of aromatic nitrogens is 2. The van der Waals surface area contributed by atoms with Crippen LogP contribution in [0.15, 0.2) is 30.5 Å². The first kappa shape index (κ1) is 11.8. The van der Waals surface area contributed by atoms with Crippen LogP contribution >= 0.6 is 0 Å². The lowest BCUT2D eigenvalue weighted by Gasteiger charge is -2.07. The summed E-state index contributed by atoms with van der Waals surface area (Å²) in [6.07, 6.45) is 5.08. The standard InChI is InChI=1S/C10H11N3O3/c1-13(2)5-8(10(15)16)9(14)7-3-11-6-12-4-7/h3-6H,1-2H3,(H,15,16)/b8-5+. The topological polar surface area (TPSA) is 83.4 Å². The molecule has 0 amide bonds. The molecule has 1 aromatic heterocycles. The van der Waals surface area contributed by atoms with E-state index < -0.39 is 11.8 Å². The van der Waals surface area contributed by atoms with Crippen molar-refractivity contribution < 1.29 is 14.7 Å². The van der Waals surface area contributed by atoms with E-state index in [1.807, 2.05) is 0 Å². The van der Waals surface area contributed by atoms with E-state index >= 15 is 0 Å². The second-order valence-corrected chi connectivity index (χ2v) is 3.27. The zero-order valence-corrected chi connectivity index (χ0v) is 8.91. The number of nitrogens with zero attached hydrogens (tertiary/aromatic N) is 3. The van der Waals surface area contributed by atoms with E-state index in [0.29, 0.717) is 0 Å².